The van der Waals surface area contributed by atoms with Crippen LogP contribution in [0.3, 0.4) is 0 Å². The fraction of sp³-hybridized carbons (Fsp3) is 0.274. The van der Waals surface area contributed by atoms with E-state index in [1.165, 1.54) is 55.1 Å². The molecule has 3 saturated heterocycles. The number of aryl methyl sites for hydroxylation is 2. The zero-order valence-corrected chi connectivity index (χ0v) is 89.0. The maximum absolute atomic E-state index is 13.8. The number of aromatic amines is 1. The molecule has 3 fully saturated rings. The van der Waals surface area contributed by atoms with Crippen molar-refractivity contribution in [1.29, 1.82) is 0 Å². The van der Waals surface area contributed by atoms with E-state index in [0.29, 0.717) is 153 Å². The Hall–Kier alpha value is -11.1. The number of H-pyrrole nitrogens is 1. The van der Waals surface area contributed by atoms with Crippen LogP contribution in [0.15, 0.2) is 169 Å². The molecule has 0 spiro atoms. The van der Waals surface area contributed by atoms with E-state index < -0.39 is 38.0 Å². The van der Waals surface area contributed by atoms with Crippen LogP contribution in [0.1, 0.15) is 51.1 Å². The molecule has 0 bridgehead atoms. The van der Waals surface area contributed by atoms with Gasteiger partial charge in [0.15, 0.2) is 45.8 Å². The molecule has 48 heteroatoms. The molecule has 0 saturated carbocycles. The molecule has 14 aromatic rings. The summed E-state index contributed by atoms with van der Waals surface area (Å²) in [6.45, 7) is 5.67. The topological polar surface area (TPSA) is 541 Å². The van der Waals surface area contributed by atoms with Crippen LogP contribution in [-0.4, -0.2) is 214 Å². The summed E-state index contributed by atoms with van der Waals surface area (Å²) in [5, 5.41) is 22.6. The number of imidazole rings is 3. The molecule has 0 aliphatic carbocycles. The minimum Gasteiger partial charge on any atom is -1.00 e. The van der Waals surface area contributed by atoms with Crippen LogP contribution in [0.4, 0.5) is 46.8 Å². The predicted molar refractivity (Wildman–Crippen MR) is 479 cm³/mol. The van der Waals surface area contributed by atoms with Gasteiger partial charge in [-0.1, -0.05) is 35.4 Å². The molecule has 5 aromatic carbocycles. The molecule has 9 aromatic heterocycles. The number of carbonyl (C=O) groups excluding carboxylic acids is 4. The summed E-state index contributed by atoms with van der Waals surface area (Å²) in [6, 6.07) is 27.9. The van der Waals surface area contributed by atoms with Gasteiger partial charge in [0.2, 0.25) is 52.2 Å². The van der Waals surface area contributed by atoms with Gasteiger partial charge in [-0.3, -0.25) is 19.2 Å². The number of nitrogens with two attached hydrogens (primary N) is 3. The summed E-state index contributed by atoms with van der Waals surface area (Å²) < 4.78 is 111. The summed E-state index contributed by atoms with van der Waals surface area (Å²) in [4.78, 5) is 93.2. The van der Waals surface area contributed by atoms with Crippen LogP contribution < -0.4 is 234 Å². The van der Waals surface area contributed by atoms with Crippen LogP contribution >= 0.6 is 11.6 Å². The van der Waals surface area contributed by atoms with Crippen molar-refractivity contribution in [3.05, 3.63) is 176 Å². The van der Waals surface area contributed by atoms with E-state index in [1.54, 1.807) is 158 Å². The van der Waals surface area contributed by atoms with E-state index in [4.69, 9.17) is 91.5 Å². The molecular weight excluding hydrogens is 2010 g/mol. The van der Waals surface area contributed by atoms with Crippen LogP contribution in [0.2, 0.25) is 5.28 Å². The van der Waals surface area contributed by atoms with Gasteiger partial charge in [-0.15, -0.1) is 0 Å². The number of carbonyl (C=O) groups is 4. The third kappa shape index (κ3) is 22.7. The standard InChI is InChI=1S/C30H32N8O6S.C25H23ClN6O5S.C23H26N8O4.C5H10N2O.CH2O3.2Cs.H/c1-18-7-9-20(10-8-18)45(40,41)38-13-11-21-28(34-30(35-29(21)38)37-12-5-6-22(37)27(31)39)33-25-16-36(17-32-25)19-14-23(42-2)26(44-4)24(15-19)43-3;1-15-5-7-17(8-6-15)38(33,34)32-10-9-18-23(29-25(26)30-24(18)32)28-21-13-31(14-27-21)16-11-19(35-2)22(37-4)20(12-16)36-3;1-33-16-9-13(10-17(34-2)19(16)35-3)30-11-18(26-12-30)27-22-14-6-7-25-21(14)28-23(29-22)31-8-4-5-15(31)20(24)32;6-5(8)4-2-1-3-7-4;2-1-4-3;;;/h7-11,13-17,22H,5-6,12H2,1-4H3,(H2,31,39)(H,33,34,35);5-14H,1-4H3,(H,28,29,30);6-7,9-12,15H,4-5,8H2,1-3H3,(H2,24,32)(H2,25,27,28,29);4,7H,1-3H2,(H2,6,8);1,3H;;;/q;;;;;2*+1;-1/p-1/t22-;;15-;4-;;;;/m1.11..../s1. The number of primary amides is 3. The van der Waals surface area contributed by atoms with Gasteiger partial charge in [-0.25, -0.2) is 39.7 Å². The molecule has 12 heterocycles. The van der Waals surface area contributed by atoms with E-state index in [2.05, 4.69) is 66.0 Å². The molecule has 0 unspecified atom stereocenters. The van der Waals surface area contributed by atoms with Crippen LogP contribution in [0, 0.1) is 13.8 Å². The fourth-order valence-corrected chi connectivity index (χ4v) is 17.3. The molecule has 684 valence electrons. The Labute approximate surface area is 880 Å². The monoisotopic (exact) mass is 2110 g/mol. The van der Waals surface area contributed by atoms with E-state index in [-0.39, 0.29) is 196 Å². The number of halogens is 1. The van der Waals surface area contributed by atoms with Gasteiger partial charge in [-0.2, -0.15) is 29.9 Å². The second kappa shape index (κ2) is 45.5. The number of hydrogen-bond donors (Lipinski definition) is 8. The molecule has 17 rings (SSSR count). The molecule has 0 radical (unpaired) electrons. The minimum atomic E-state index is -4.01. The first-order valence-electron chi connectivity index (χ1n) is 39.8. The Balaban J connectivity index is 0.000000193. The number of hydrogen-bond acceptors (Lipinski definition) is 34. The Morgan fingerprint density at radius 2 is 0.848 bits per heavy atom. The number of ether oxygens (including phenoxy) is 9. The average Bonchev–Trinajstić information content (AvgIpc) is 1.58. The number of nitrogens with zero attached hydrogens (tertiary/aromatic N) is 16. The Morgan fingerprint density at radius 1 is 0.485 bits per heavy atom. The van der Waals surface area contributed by atoms with Crippen molar-refractivity contribution >= 4 is 136 Å². The van der Waals surface area contributed by atoms with Crippen molar-refractivity contribution in [2.45, 2.75) is 80.3 Å². The first-order chi connectivity index (χ1) is 62.6. The number of methoxy groups -OCH3 is 9. The Morgan fingerprint density at radius 3 is 1.18 bits per heavy atom. The smallest absolute Gasteiger partial charge is 1.00 e. The number of rotatable bonds is 28. The number of aromatic nitrogens is 15. The minimum absolute atomic E-state index is 0. The number of anilines is 8. The molecule has 3 aliphatic heterocycles. The number of nitrogens with one attached hydrogen (secondary N) is 5. The van der Waals surface area contributed by atoms with Crippen molar-refractivity contribution in [3.8, 4) is 68.8 Å². The number of benzene rings is 5. The maximum Gasteiger partial charge on any atom is 1.00 e. The van der Waals surface area contributed by atoms with E-state index in [1.807, 2.05) is 47.7 Å². The van der Waals surface area contributed by atoms with Crippen molar-refractivity contribution < 1.29 is 228 Å². The number of amides is 3. The first kappa shape index (κ1) is 101. The summed E-state index contributed by atoms with van der Waals surface area (Å²) in [5.74, 6) is 6.54. The van der Waals surface area contributed by atoms with Gasteiger partial charge in [0, 0.05) is 68.1 Å². The molecular formula is C84H93ClCs2N24O19S2. The van der Waals surface area contributed by atoms with Crippen LogP contribution in [-0.2, 0) is 44.1 Å². The van der Waals surface area contributed by atoms with Gasteiger partial charge >= 0.3 is 138 Å². The molecule has 3 aliphatic rings. The Bertz CT molecular complexity index is 6630. The zero-order valence-electron chi connectivity index (χ0n) is 75.0. The molecule has 43 nitrogen and oxygen atoms in total. The summed E-state index contributed by atoms with van der Waals surface area (Å²) >= 11 is 6.20. The Kier molecular flexibility index (Phi) is 35.0. The van der Waals surface area contributed by atoms with Gasteiger partial charge < -0.3 is 121 Å². The second-order valence-corrected chi connectivity index (χ2v) is 32.9. The molecule has 132 heavy (non-hydrogen) atoms. The largest absolute Gasteiger partial charge is 1.00 e. The normalized spacial score (nSPS) is 14.4. The van der Waals surface area contributed by atoms with Crippen LogP contribution in [0.5, 0.6) is 51.7 Å². The maximum atomic E-state index is 13.8. The van der Waals surface area contributed by atoms with Crippen molar-refractivity contribution in [2.24, 2.45) is 17.2 Å². The predicted octanol–water partition coefficient (Wildman–Crippen LogP) is 2.12. The van der Waals surface area contributed by atoms with Crippen molar-refractivity contribution in [1.82, 2.24) is 76.8 Å². The summed E-state index contributed by atoms with van der Waals surface area (Å²) in [6.07, 6.45) is 19.6. The van der Waals surface area contributed by atoms with Gasteiger partial charge in [0.25, 0.3) is 26.5 Å². The first-order valence-corrected chi connectivity index (χ1v) is 43.0. The molecule has 3 atom stereocenters. The fourth-order valence-electron chi connectivity index (χ4n) is 14.6. The SMILES string of the molecule is COc1cc(-n2cnc(Nc3nc(Cl)nc4c3ccn4S(=O)(=O)c3ccc(C)cc3)c2)cc(OC)c1OC.COc1cc(-n2cnc(Nc3nc(N4CCC[C@@H]4C(N)=O)nc4[nH]ccc34)c2)cc(OC)c1OC.COc1cc(-n2cnc(Nc3nc(N4CCC[C@@H]4C(N)=O)nc4c3ccn4S(=O)(=O)c3ccc(C)cc3)c2)cc(OC)c1OC.NC(=O)[C@H]1CCCN1.O=CO[O-].[Cs+].[Cs+].[H-]. The molecule has 11 N–H and O–H groups in total. The van der Waals surface area contributed by atoms with Gasteiger partial charge in [0.05, 0.1) is 132 Å². The summed E-state index contributed by atoms with van der Waals surface area (Å²) in [5.41, 5.74) is 21.3. The average molecular weight is 2110 g/mol. The van der Waals surface area contributed by atoms with Gasteiger partial charge in [0.1, 0.15) is 71.6 Å². The molecule has 3 amide bonds. The van der Waals surface area contributed by atoms with Gasteiger partial charge in [-0.05, 0) is 113 Å². The zero-order chi connectivity index (χ0) is 92.8. The third-order valence-corrected chi connectivity index (χ3v) is 24.5. The van der Waals surface area contributed by atoms with E-state index >= 15 is 0 Å². The van der Waals surface area contributed by atoms with Crippen molar-refractivity contribution in [2.75, 3.05) is 109 Å². The van der Waals surface area contributed by atoms with E-state index in [9.17, 15) is 31.2 Å². The second-order valence-electron chi connectivity index (χ2n) is 28.9. The number of fused-ring (bicyclic) bond motifs is 3. The third-order valence-electron chi connectivity index (χ3n) is 21.0. The quantitative estimate of drug-likeness (QED) is 0.0151. The summed E-state index contributed by atoms with van der Waals surface area (Å²) in [7, 11) is 5.99. The van der Waals surface area contributed by atoms with Crippen molar-refractivity contribution in [3.63, 3.8) is 0 Å². The van der Waals surface area contributed by atoms with Crippen LogP contribution in [0.25, 0.3) is 50.2 Å². The van der Waals surface area contributed by atoms with E-state index in [0.717, 1.165) is 56.0 Å².